The van der Waals surface area contributed by atoms with Crippen LogP contribution in [0.15, 0.2) is 48.5 Å². The van der Waals surface area contributed by atoms with Crippen LogP contribution in [-0.2, 0) is 17.8 Å². The predicted octanol–water partition coefficient (Wildman–Crippen LogP) is 2.57. The maximum Gasteiger partial charge on any atom is 0.224 e. The number of hydrogen-bond donors (Lipinski definition) is 2. The lowest BCUT2D eigenvalue weighted by Crippen LogP contribution is -2.25. The fourth-order valence-corrected chi connectivity index (χ4v) is 2.22. The van der Waals surface area contributed by atoms with Gasteiger partial charge in [0.1, 0.15) is 12.4 Å². The number of hydrogen-bond acceptors (Lipinski definition) is 3. The SMILES string of the molecule is O=C(Cc1ccccc1Cl)NCc1ccccc1OCCO. The predicted molar refractivity (Wildman–Crippen MR) is 86.0 cm³/mol. The maximum absolute atomic E-state index is 12.0. The molecular weight excluding hydrogens is 302 g/mol. The van der Waals surface area contributed by atoms with Crippen LogP contribution >= 0.6 is 11.6 Å². The monoisotopic (exact) mass is 319 g/mol. The highest BCUT2D eigenvalue weighted by atomic mass is 35.5. The molecule has 2 N–H and O–H groups in total. The number of para-hydroxylation sites is 1. The van der Waals surface area contributed by atoms with Gasteiger partial charge in [0.2, 0.25) is 5.91 Å². The normalized spacial score (nSPS) is 10.3. The number of carbonyl (C=O) groups is 1. The van der Waals surface area contributed by atoms with Gasteiger partial charge in [-0.15, -0.1) is 0 Å². The Morgan fingerprint density at radius 1 is 1.09 bits per heavy atom. The van der Waals surface area contributed by atoms with Crippen LogP contribution in [0.1, 0.15) is 11.1 Å². The van der Waals surface area contributed by atoms with Crippen LogP contribution in [0.25, 0.3) is 0 Å². The number of aliphatic hydroxyl groups is 1. The molecule has 0 heterocycles. The van der Waals surface area contributed by atoms with E-state index >= 15 is 0 Å². The van der Waals surface area contributed by atoms with E-state index in [0.717, 1.165) is 11.1 Å². The smallest absolute Gasteiger partial charge is 0.224 e. The van der Waals surface area contributed by atoms with E-state index in [0.29, 0.717) is 17.3 Å². The Bertz CT molecular complexity index is 631. The third kappa shape index (κ3) is 4.76. The molecule has 0 saturated heterocycles. The van der Waals surface area contributed by atoms with Crippen molar-refractivity contribution < 1.29 is 14.6 Å². The number of amides is 1. The molecule has 22 heavy (non-hydrogen) atoms. The van der Waals surface area contributed by atoms with Crippen LogP contribution in [0.3, 0.4) is 0 Å². The Morgan fingerprint density at radius 3 is 2.50 bits per heavy atom. The molecule has 0 aliphatic heterocycles. The summed E-state index contributed by atoms with van der Waals surface area (Å²) in [5.41, 5.74) is 1.66. The number of aliphatic hydroxyl groups excluding tert-OH is 1. The molecule has 2 rings (SSSR count). The van der Waals surface area contributed by atoms with Crippen molar-refractivity contribution in [3.63, 3.8) is 0 Å². The molecule has 0 aliphatic rings. The molecule has 0 bridgehead atoms. The molecule has 0 unspecified atom stereocenters. The lowest BCUT2D eigenvalue weighted by atomic mass is 10.1. The third-order valence-electron chi connectivity index (χ3n) is 3.11. The van der Waals surface area contributed by atoms with Gasteiger partial charge in [-0.3, -0.25) is 4.79 Å². The van der Waals surface area contributed by atoms with Gasteiger partial charge in [0.25, 0.3) is 0 Å². The van der Waals surface area contributed by atoms with Gasteiger partial charge in [-0.05, 0) is 17.7 Å². The molecule has 116 valence electrons. The topological polar surface area (TPSA) is 58.6 Å². The van der Waals surface area contributed by atoms with Crippen LogP contribution in [0.2, 0.25) is 5.02 Å². The van der Waals surface area contributed by atoms with Gasteiger partial charge in [-0.25, -0.2) is 0 Å². The summed E-state index contributed by atoms with van der Waals surface area (Å²) in [6.07, 6.45) is 0.235. The van der Waals surface area contributed by atoms with Crippen LogP contribution < -0.4 is 10.1 Å². The zero-order valence-corrected chi connectivity index (χ0v) is 12.8. The number of halogens is 1. The van der Waals surface area contributed by atoms with Crippen molar-refractivity contribution in [2.75, 3.05) is 13.2 Å². The van der Waals surface area contributed by atoms with Gasteiger partial charge in [-0.1, -0.05) is 48.0 Å². The molecule has 0 aromatic heterocycles. The largest absolute Gasteiger partial charge is 0.491 e. The Kier molecular flexibility index (Phi) is 6.25. The van der Waals surface area contributed by atoms with Crippen molar-refractivity contribution >= 4 is 17.5 Å². The maximum atomic E-state index is 12.0. The minimum Gasteiger partial charge on any atom is -0.491 e. The summed E-state index contributed by atoms with van der Waals surface area (Å²) in [7, 11) is 0. The van der Waals surface area contributed by atoms with E-state index in [1.165, 1.54) is 0 Å². The van der Waals surface area contributed by atoms with Gasteiger partial charge in [0, 0.05) is 17.1 Å². The van der Waals surface area contributed by atoms with E-state index in [9.17, 15) is 4.79 Å². The van der Waals surface area contributed by atoms with E-state index in [4.69, 9.17) is 21.4 Å². The standard InChI is InChI=1S/C17H18ClNO3/c18-15-7-3-1-5-13(15)11-17(21)19-12-14-6-2-4-8-16(14)22-10-9-20/h1-8,20H,9-12H2,(H,19,21). The molecule has 0 atom stereocenters. The Labute approximate surface area is 134 Å². The summed E-state index contributed by atoms with van der Waals surface area (Å²) in [5.74, 6) is 0.555. The first kappa shape index (κ1) is 16.3. The first-order valence-corrected chi connectivity index (χ1v) is 7.40. The lowest BCUT2D eigenvalue weighted by Gasteiger charge is -2.11. The summed E-state index contributed by atoms with van der Waals surface area (Å²) >= 11 is 6.04. The van der Waals surface area contributed by atoms with E-state index in [-0.39, 0.29) is 25.5 Å². The van der Waals surface area contributed by atoms with Crippen molar-refractivity contribution in [3.05, 3.63) is 64.7 Å². The first-order chi connectivity index (χ1) is 10.7. The average molecular weight is 320 g/mol. The molecule has 2 aromatic rings. The highest BCUT2D eigenvalue weighted by molar-refractivity contribution is 6.31. The summed E-state index contributed by atoms with van der Waals surface area (Å²) in [4.78, 5) is 12.0. The number of rotatable bonds is 7. The van der Waals surface area contributed by atoms with E-state index < -0.39 is 0 Å². The second-order valence-corrected chi connectivity index (χ2v) is 5.13. The highest BCUT2D eigenvalue weighted by Gasteiger charge is 2.08. The Balaban J connectivity index is 1.92. The summed E-state index contributed by atoms with van der Waals surface area (Å²) in [5, 5.41) is 12.3. The van der Waals surface area contributed by atoms with Crippen LogP contribution in [0.5, 0.6) is 5.75 Å². The molecule has 0 saturated carbocycles. The molecule has 0 fully saturated rings. The summed E-state index contributed by atoms with van der Waals surface area (Å²) < 4.78 is 5.43. The summed E-state index contributed by atoms with van der Waals surface area (Å²) in [6.45, 7) is 0.544. The Morgan fingerprint density at radius 2 is 1.77 bits per heavy atom. The number of carbonyl (C=O) groups excluding carboxylic acids is 1. The molecule has 2 aromatic carbocycles. The van der Waals surface area contributed by atoms with Crippen LogP contribution in [-0.4, -0.2) is 24.2 Å². The minimum absolute atomic E-state index is 0.0484. The van der Waals surface area contributed by atoms with Gasteiger partial charge < -0.3 is 15.2 Å². The van der Waals surface area contributed by atoms with Gasteiger partial charge in [0.05, 0.1) is 13.0 Å². The molecule has 0 spiro atoms. The highest BCUT2D eigenvalue weighted by Crippen LogP contribution is 2.18. The lowest BCUT2D eigenvalue weighted by molar-refractivity contribution is -0.120. The molecule has 5 heteroatoms. The van der Waals surface area contributed by atoms with Gasteiger partial charge >= 0.3 is 0 Å². The van der Waals surface area contributed by atoms with Crippen LogP contribution in [0, 0.1) is 0 Å². The fraction of sp³-hybridized carbons (Fsp3) is 0.235. The van der Waals surface area contributed by atoms with Gasteiger partial charge in [0.15, 0.2) is 0 Å². The van der Waals surface area contributed by atoms with Crippen molar-refractivity contribution in [3.8, 4) is 5.75 Å². The van der Waals surface area contributed by atoms with E-state index in [2.05, 4.69) is 5.32 Å². The van der Waals surface area contributed by atoms with Crippen molar-refractivity contribution in [2.45, 2.75) is 13.0 Å². The quantitative estimate of drug-likeness (QED) is 0.824. The summed E-state index contributed by atoms with van der Waals surface area (Å²) in [6, 6.07) is 14.7. The third-order valence-corrected chi connectivity index (χ3v) is 3.48. The average Bonchev–Trinajstić information content (AvgIpc) is 2.54. The van der Waals surface area contributed by atoms with Crippen molar-refractivity contribution in [1.82, 2.24) is 5.32 Å². The molecular formula is C17H18ClNO3. The van der Waals surface area contributed by atoms with Crippen LogP contribution in [0.4, 0.5) is 0 Å². The fourth-order valence-electron chi connectivity index (χ4n) is 2.02. The van der Waals surface area contributed by atoms with E-state index in [1.807, 2.05) is 42.5 Å². The molecule has 0 aliphatic carbocycles. The second-order valence-electron chi connectivity index (χ2n) is 4.72. The minimum atomic E-state index is -0.106. The number of nitrogens with one attached hydrogen (secondary N) is 1. The zero-order chi connectivity index (χ0) is 15.8. The van der Waals surface area contributed by atoms with Crippen molar-refractivity contribution in [2.24, 2.45) is 0 Å². The molecule has 1 amide bonds. The number of benzene rings is 2. The molecule has 0 radical (unpaired) electrons. The van der Waals surface area contributed by atoms with Crippen molar-refractivity contribution in [1.29, 1.82) is 0 Å². The second kappa shape index (κ2) is 8.41. The Hall–Kier alpha value is -2.04. The number of ether oxygens (including phenoxy) is 1. The zero-order valence-electron chi connectivity index (χ0n) is 12.1. The van der Waals surface area contributed by atoms with E-state index in [1.54, 1.807) is 6.07 Å². The first-order valence-electron chi connectivity index (χ1n) is 7.02. The molecule has 4 nitrogen and oxygen atoms in total. The van der Waals surface area contributed by atoms with Gasteiger partial charge in [-0.2, -0.15) is 0 Å².